The molecule has 2 fully saturated rings. The van der Waals surface area contributed by atoms with Crippen LogP contribution in [0.5, 0.6) is 0 Å². The summed E-state index contributed by atoms with van der Waals surface area (Å²) in [7, 11) is 4.36. The highest BCUT2D eigenvalue weighted by atomic mass is 16.2. The van der Waals surface area contributed by atoms with Gasteiger partial charge in [0.15, 0.2) is 0 Å². The number of urea groups is 1. The van der Waals surface area contributed by atoms with Gasteiger partial charge in [0, 0.05) is 31.0 Å². The molecule has 1 aliphatic heterocycles. The number of hydrogen-bond donors (Lipinski definition) is 1. The lowest BCUT2D eigenvalue weighted by atomic mass is 9.69. The third-order valence-electron chi connectivity index (χ3n) is 6.75. The van der Waals surface area contributed by atoms with Gasteiger partial charge in [0.25, 0.3) is 0 Å². The van der Waals surface area contributed by atoms with E-state index in [9.17, 15) is 4.79 Å². The van der Waals surface area contributed by atoms with Gasteiger partial charge in [0.1, 0.15) is 0 Å². The molecule has 0 atom stereocenters. The first kappa shape index (κ1) is 18.9. The van der Waals surface area contributed by atoms with Crippen molar-refractivity contribution in [1.82, 2.24) is 20.1 Å². The highest BCUT2D eigenvalue weighted by Crippen LogP contribution is 2.45. The van der Waals surface area contributed by atoms with E-state index in [0.717, 1.165) is 45.2 Å². The summed E-state index contributed by atoms with van der Waals surface area (Å²) < 4.78 is 0. The number of nitrogens with one attached hydrogen (secondary N) is 1. The van der Waals surface area contributed by atoms with Crippen molar-refractivity contribution in [2.75, 3.05) is 27.2 Å². The molecular weight excluding hydrogens is 348 g/mol. The maximum Gasteiger partial charge on any atom is 0.317 e. The Labute approximate surface area is 167 Å². The highest BCUT2D eigenvalue weighted by Gasteiger charge is 2.49. The number of hydrogen-bond acceptors (Lipinski definition) is 3. The summed E-state index contributed by atoms with van der Waals surface area (Å²) in [6.45, 7) is 1.56. The molecule has 1 aliphatic carbocycles. The van der Waals surface area contributed by atoms with Gasteiger partial charge in [-0.05, 0) is 63.4 Å². The van der Waals surface area contributed by atoms with Crippen molar-refractivity contribution in [3.05, 3.63) is 66.0 Å². The summed E-state index contributed by atoms with van der Waals surface area (Å²) >= 11 is 0. The zero-order valence-electron chi connectivity index (χ0n) is 16.9. The van der Waals surface area contributed by atoms with Crippen LogP contribution in [0.3, 0.4) is 0 Å². The van der Waals surface area contributed by atoms with E-state index in [2.05, 4.69) is 65.7 Å². The monoisotopic (exact) mass is 378 g/mol. The Balaban J connectivity index is 1.43. The number of carbonyl (C=O) groups is 1. The van der Waals surface area contributed by atoms with Crippen LogP contribution in [-0.2, 0) is 12.0 Å². The minimum Gasteiger partial charge on any atom is -0.331 e. The van der Waals surface area contributed by atoms with Gasteiger partial charge < -0.3 is 10.2 Å². The first-order valence-electron chi connectivity index (χ1n) is 10.2. The van der Waals surface area contributed by atoms with E-state index in [4.69, 9.17) is 0 Å². The molecule has 2 aromatic rings. The first-order valence-corrected chi connectivity index (χ1v) is 10.2. The molecule has 1 N–H and O–H groups in total. The second kappa shape index (κ2) is 7.55. The Morgan fingerprint density at radius 2 is 1.82 bits per heavy atom. The highest BCUT2D eigenvalue weighted by molar-refractivity contribution is 5.78. The molecule has 1 spiro atoms. The second-order valence-electron chi connectivity index (χ2n) is 8.54. The van der Waals surface area contributed by atoms with Crippen molar-refractivity contribution >= 4 is 6.03 Å². The van der Waals surface area contributed by atoms with Gasteiger partial charge in [0.05, 0.1) is 5.54 Å². The van der Waals surface area contributed by atoms with Crippen LogP contribution in [0, 0.1) is 0 Å². The van der Waals surface area contributed by atoms with Crippen LogP contribution >= 0.6 is 0 Å². The molecule has 148 valence electrons. The number of carbonyl (C=O) groups excluding carboxylic acids is 1. The number of nitrogens with zero attached hydrogens (tertiary/aromatic N) is 3. The fraction of sp³-hybridized carbons (Fsp3) is 0.478. The van der Waals surface area contributed by atoms with Crippen molar-refractivity contribution < 1.29 is 4.79 Å². The van der Waals surface area contributed by atoms with E-state index in [1.807, 2.05) is 17.2 Å². The maximum atomic E-state index is 12.6. The van der Waals surface area contributed by atoms with Crippen molar-refractivity contribution in [2.24, 2.45) is 0 Å². The molecule has 1 aromatic carbocycles. The van der Waals surface area contributed by atoms with Gasteiger partial charge in [0.2, 0.25) is 0 Å². The third kappa shape index (κ3) is 3.51. The topological polar surface area (TPSA) is 48.5 Å². The third-order valence-corrected chi connectivity index (χ3v) is 6.75. The molecule has 0 bridgehead atoms. The van der Waals surface area contributed by atoms with Crippen molar-refractivity contribution in [2.45, 2.75) is 43.2 Å². The lowest BCUT2D eigenvalue weighted by molar-refractivity contribution is 0.0620. The molecular formula is C23H30N4O. The molecule has 2 amide bonds. The number of amides is 2. The van der Waals surface area contributed by atoms with Crippen molar-refractivity contribution in [3.8, 4) is 0 Å². The summed E-state index contributed by atoms with van der Waals surface area (Å²) in [5.74, 6) is 0. The van der Waals surface area contributed by atoms with Crippen LogP contribution in [0.15, 0.2) is 54.9 Å². The molecule has 28 heavy (non-hydrogen) atoms. The van der Waals surface area contributed by atoms with E-state index in [1.54, 1.807) is 6.20 Å². The largest absolute Gasteiger partial charge is 0.331 e. The quantitative estimate of drug-likeness (QED) is 0.867. The average Bonchev–Trinajstić information content (AvgIpc) is 3.03. The molecule has 0 radical (unpaired) electrons. The van der Waals surface area contributed by atoms with E-state index in [0.29, 0.717) is 0 Å². The molecule has 5 nitrogen and oxygen atoms in total. The average molecular weight is 379 g/mol. The number of rotatable bonds is 5. The van der Waals surface area contributed by atoms with Crippen LogP contribution in [0.4, 0.5) is 4.79 Å². The van der Waals surface area contributed by atoms with E-state index >= 15 is 0 Å². The summed E-state index contributed by atoms with van der Waals surface area (Å²) in [5, 5.41) is 3.34. The Morgan fingerprint density at radius 3 is 2.46 bits per heavy atom. The zero-order valence-corrected chi connectivity index (χ0v) is 16.9. The van der Waals surface area contributed by atoms with Gasteiger partial charge in [-0.2, -0.15) is 0 Å². The van der Waals surface area contributed by atoms with Gasteiger partial charge in [-0.3, -0.25) is 9.88 Å². The Hall–Kier alpha value is -2.40. The van der Waals surface area contributed by atoms with Gasteiger partial charge in [-0.25, -0.2) is 4.79 Å². The minimum absolute atomic E-state index is 0.0559. The Kier molecular flexibility index (Phi) is 5.11. The second-order valence-corrected chi connectivity index (χ2v) is 8.54. The predicted octanol–water partition coefficient (Wildman–Crippen LogP) is 3.42. The predicted molar refractivity (Wildman–Crippen MR) is 111 cm³/mol. The van der Waals surface area contributed by atoms with Crippen LogP contribution in [-0.4, -0.2) is 53.5 Å². The van der Waals surface area contributed by atoms with Gasteiger partial charge >= 0.3 is 6.03 Å². The zero-order chi connectivity index (χ0) is 19.6. The fourth-order valence-corrected chi connectivity index (χ4v) is 4.94. The molecule has 5 heteroatoms. The SMILES string of the molecule is CN(C)[C@]1(c2ccccc2)CC[C@]2(CC1)CN(CCc1cccnc1)C(=O)N2. The molecule has 2 heterocycles. The Bertz CT molecular complexity index is 798. The normalized spacial score (nSPS) is 27.4. The molecule has 1 aromatic heterocycles. The molecule has 1 saturated carbocycles. The lowest BCUT2D eigenvalue weighted by Gasteiger charge is -2.48. The van der Waals surface area contributed by atoms with Crippen LogP contribution in [0.1, 0.15) is 36.8 Å². The molecule has 2 aliphatic rings. The van der Waals surface area contributed by atoms with Gasteiger partial charge in [-0.15, -0.1) is 0 Å². The fourth-order valence-electron chi connectivity index (χ4n) is 4.94. The molecule has 0 unspecified atom stereocenters. The first-order chi connectivity index (χ1) is 13.5. The van der Waals surface area contributed by atoms with Crippen LogP contribution < -0.4 is 5.32 Å². The standard InChI is InChI=1S/C23H30N4O/c1-26(2)23(20-8-4-3-5-9-20)13-11-22(12-14-23)18-27(21(28)25-22)16-10-19-7-6-15-24-17-19/h3-9,15,17H,10-14,16,18H2,1-2H3,(H,25,28)/t22-,23+. The number of benzene rings is 1. The smallest absolute Gasteiger partial charge is 0.317 e. The number of pyridine rings is 1. The summed E-state index contributed by atoms with van der Waals surface area (Å²) in [4.78, 5) is 21.1. The summed E-state index contributed by atoms with van der Waals surface area (Å²) in [5.41, 5.74) is 2.53. The minimum atomic E-state index is -0.0830. The lowest BCUT2D eigenvalue weighted by Crippen LogP contribution is -2.54. The van der Waals surface area contributed by atoms with E-state index < -0.39 is 0 Å². The van der Waals surface area contributed by atoms with Gasteiger partial charge in [-0.1, -0.05) is 36.4 Å². The van der Waals surface area contributed by atoms with Crippen LogP contribution in [0.25, 0.3) is 0 Å². The number of aromatic nitrogens is 1. The molecule has 4 rings (SSSR count). The van der Waals surface area contributed by atoms with Crippen LogP contribution in [0.2, 0.25) is 0 Å². The van der Waals surface area contributed by atoms with E-state index in [-0.39, 0.29) is 17.1 Å². The maximum absolute atomic E-state index is 12.6. The van der Waals surface area contributed by atoms with Crippen molar-refractivity contribution in [3.63, 3.8) is 0 Å². The summed E-state index contributed by atoms with van der Waals surface area (Å²) in [6, 6.07) is 14.9. The summed E-state index contributed by atoms with van der Waals surface area (Å²) in [6.07, 6.45) is 8.65. The van der Waals surface area contributed by atoms with E-state index in [1.165, 1.54) is 11.1 Å². The Morgan fingerprint density at radius 1 is 1.07 bits per heavy atom. The van der Waals surface area contributed by atoms with Crippen molar-refractivity contribution in [1.29, 1.82) is 0 Å². The molecule has 1 saturated heterocycles.